The monoisotopic (exact) mass is 408 g/mol. The third kappa shape index (κ3) is 7.83. The van der Waals surface area contributed by atoms with Crippen molar-refractivity contribution in [3.8, 4) is 0 Å². The fraction of sp³-hybridized carbons (Fsp3) is 0.100. The third-order valence-corrected chi connectivity index (χ3v) is 3.10. The average Bonchev–Trinajstić information content (AvgIpc) is 3.17. The molecular weight excluding hydrogens is 387 g/mol. The molecule has 0 unspecified atom stereocenters. The Kier molecular flexibility index (Phi) is 15.4. The van der Waals surface area contributed by atoms with Gasteiger partial charge < -0.3 is 0 Å². The zero-order valence-corrected chi connectivity index (χ0v) is 18.1. The van der Waals surface area contributed by atoms with Crippen LogP contribution < -0.4 is 0 Å². The molecule has 0 heterocycles. The van der Waals surface area contributed by atoms with Gasteiger partial charge in [0.15, 0.2) is 0 Å². The minimum Gasteiger partial charge on any atom is -0.168 e. The number of fused-ring (bicyclic) bond motifs is 2. The van der Waals surface area contributed by atoms with E-state index in [2.05, 4.69) is 98.0 Å². The van der Waals surface area contributed by atoms with E-state index in [9.17, 15) is 0 Å². The van der Waals surface area contributed by atoms with Crippen molar-refractivity contribution >= 4 is 55.9 Å². The van der Waals surface area contributed by atoms with Gasteiger partial charge in [-0.2, -0.15) is 35.0 Å². The van der Waals surface area contributed by atoms with E-state index in [1.165, 1.54) is 21.5 Å². The Morgan fingerprint density at radius 2 is 0.958 bits per heavy atom. The summed E-state index contributed by atoms with van der Waals surface area (Å²) < 4.78 is 0. The molecule has 4 rings (SSSR count). The van der Waals surface area contributed by atoms with Gasteiger partial charge in [-0.05, 0) is 0 Å². The maximum absolute atomic E-state index is 2.15. The SMILES string of the molecule is C[Si]C.Cl.Cl.[Ti+2].c1ccc2[cH-]ccc2c1.c1ccc2[cH-]ccc2c1. The first kappa shape index (κ1) is 25.4. The second-order valence-electron chi connectivity index (χ2n) is 4.81. The van der Waals surface area contributed by atoms with Crippen LogP contribution >= 0.6 is 24.8 Å². The maximum Gasteiger partial charge on any atom is 2.00 e. The number of halogens is 2. The van der Waals surface area contributed by atoms with E-state index >= 15 is 0 Å². The summed E-state index contributed by atoms with van der Waals surface area (Å²) in [4.78, 5) is 0. The fourth-order valence-corrected chi connectivity index (χ4v) is 2.14. The molecule has 0 aliphatic rings. The van der Waals surface area contributed by atoms with Crippen LogP contribution in [-0.4, -0.2) is 9.52 Å². The Hall–Kier alpha value is -0.829. The predicted octanol–water partition coefficient (Wildman–Crippen LogP) is 6.75. The molecule has 2 radical (unpaired) electrons. The molecule has 4 heteroatoms. The maximum atomic E-state index is 2.15. The van der Waals surface area contributed by atoms with E-state index in [4.69, 9.17) is 0 Å². The van der Waals surface area contributed by atoms with E-state index < -0.39 is 0 Å². The molecule has 24 heavy (non-hydrogen) atoms. The molecule has 0 N–H and O–H groups in total. The molecule has 0 amide bonds. The van der Waals surface area contributed by atoms with Gasteiger partial charge in [-0.1, -0.05) is 25.2 Å². The van der Waals surface area contributed by atoms with Crippen LogP contribution in [0.1, 0.15) is 0 Å². The summed E-state index contributed by atoms with van der Waals surface area (Å²) in [6, 6.07) is 29.3. The second kappa shape index (κ2) is 14.5. The molecule has 0 nitrogen and oxygen atoms in total. The van der Waals surface area contributed by atoms with Gasteiger partial charge in [0.05, 0.1) is 0 Å². The number of benzene rings is 2. The van der Waals surface area contributed by atoms with Crippen molar-refractivity contribution in [2.24, 2.45) is 0 Å². The summed E-state index contributed by atoms with van der Waals surface area (Å²) in [7, 11) is 1.08. The quantitative estimate of drug-likeness (QED) is 0.223. The molecule has 0 aliphatic carbocycles. The summed E-state index contributed by atoms with van der Waals surface area (Å²) in [5.41, 5.74) is 0. The molecule has 0 spiro atoms. The predicted molar refractivity (Wildman–Crippen MR) is 111 cm³/mol. The normalized spacial score (nSPS) is 8.42. The summed E-state index contributed by atoms with van der Waals surface area (Å²) in [5.74, 6) is 0. The summed E-state index contributed by atoms with van der Waals surface area (Å²) in [6.07, 6.45) is 0. The molecule has 4 aromatic rings. The number of rotatable bonds is 0. The van der Waals surface area contributed by atoms with Crippen molar-refractivity contribution in [2.45, 2.75) is 13.1 Å². The fourth-order valence-electron chi connectivity index (χ4n) is 2.14. The van der Waals surface area contributed by atoms with Crippen LogP contribution in [0.5, 0.6) is 0 Å². The minimum absolute atomic E-state index is 0. The number of hydrogen-bond acceptors (Lipinski definition) is 0. The first-order valence-corrected chi connectivity index (χ1v) is 9.14. The third-order valence-electron chi connectivity index (χ3n) is 3.10. The first-order valence-electron chi connectivity index (χ1n) is 7.14. The van der Waals surface area contributed by atoms with Crippen LogP contribution in [0.15, 0.2) is 84.9 Å². The van der Waals surface area contributed by atoms with E-state index in [-0.39, 0.29) is 46.5 Å². The zero-order chi connectivity index (χ0) is 14.9. The largest absolute Gasteiger partial charge is 2.00 e. The smallest absolute Gasteiger partial charge is 0.168 e. The Bertz CT molecular complexity index is 651. The van der Waals surface area contributed by atoms with Gasteiger partial charge in [-0.25, -0.2) is 0 Å². The molecular formula is C20H22Cl2SiTi. The van der Waals surface area contributed by atoms with Crippen LogP contribution in [0, 0.1) is 0 Å². The number of hydrogen-bond donors (Lipinski definition) is 0. The van der Waals surface area contributed by atoms with E-state index in [1.54, 1.807) is 0 Å². The topological polar surface area (TPSA) is 0 Å². The van der Waals surface area contributed by atoms with Crippen molar-refractivity contribution in [1.29, 1.82) is 0 Å². The van der Waals surface area contributed by atoms with Gasteiger partial charge in [0.1, 0.15) is 0 Å². The van der Waals surface area contributed by atoms with Crippen molar-refractivity contribution in [1.82, 2.24) is 0 Å². The minimum atomic E-state index is 0. The molecule has 0 fully saturated rings. The van der Waals surface area contributed by atoms with Gasteiger partial charge in [-0.3, -0.25) is 0 Å². The van der Waals surface area contributed by atoms with Gasteiger partial charge in [-0.15, -0.1) is 84.1 Å². The van der Waals surface area contributed by atoms with Crippen molar-refractivity contribution in [2.75, 3.05) is 0 Å². The van der Waals surface area contributed by atoms with Crippen LogP contribution in [0.4, 0.5) is 0 Å². The molecule has 0 saturated carbocycles. The Balaban J connectivity index is 0. The zero-order valence-electron chi connectivity index (χ0n) is 13.9. The molecule has 0 aliphatic heterocycles. The molecule has 0 atom stereocenters. The van der Waals surface area contributed by atoms with Gasteiger partial charge >= 0.3 is 21.7 Å². The van der Waals surface area contributed by atoms with Crippen LogP contribution in [0.25, 0.3) is 21.5 Å². The van der Waals surface area contributed by atoms with E-state index in [1.807, 2.05) is 0 Å². The van der Waals surface area contributed by atoms with E-state index in [0.717, 1.165) is 9.52 Å². The molecule has 0 bridgehead atoms. The standard InChI is InChI=1S/2C9H7.C2H6Si.2ClH.Ti/c2*1-2-5-9-7-3-6-8(9)4-1;1-3-2;;;/h2*1-7H;1-2H3;2*1H;/q2*-1;;;;+2. The van der Waals surface area contributed by atoms with Crippen molar-refractivity contribution in [3.05, 3.63) is 84.9 Å². The van der Waals surface area contributed by atoms with Crippen LogP contribution in [-0.2, 0) is 21.7 Å². The van der Waals surface area contributed by atoms with Crippen molar-refractivity contribution < 1.29 is 21.7 Å². The summed E-state index contributed by atoms with van der Waals surface area (Å²) in [6.45, 7) is 4.31. The first-order chi connectivity index (χ1) is 10.3. The molecule has 0 saturated heterocycles. The Labute approximate surface area is 174 Å². The van der Waals surface area contributed by atoms with Gasteiger partial charge in [0.25, 0.3) is 0 Å². The molecule has 4 aromatic carbocycles. The van der Waals surface area contributed by atoms with Crippen LogP contribution in [0.2, 0.25) is 13.1 Å². The summed E-state index contributed by atoms with van der Waals surface area (Å²) >= 11 is 0. The second-order valence-corrected chi connectivity index (χ2v) is 5.81. The average molecular weight is 409 g/mol. The van der Waals surface area contributed by atoms with E-state index in [0.29, 0.717) is 0 Å². The van der Waals surface area contributed by atoms with Crippen LogP contribution in [0.3, 0.4) is 0 Å². The van der Waals surface area contributed by atoms with Gasteiger partial charge in [0, 0.05) is 9.52 Å². The van der Waals surface area contributed by atoms with Crippen molar-refractivity contribution in [3.63, 3.8) is 0 Å². The van der Waals surface area contributed by atoms with Gasteiger partial charge in [0.2, 0.25) is 0 Å². The summed E-state index contributed by atoms with van der Waals surface area (Å²) in [5, 5.41) is 5.32. The Morgan fingerprint density at radius 3 is 1.29 bits per heavy atom. The molecule has 124 valence electrons. The Morgan fingerprint density at radius 1 is 0.625 bits per heavy atom. The molecule has 0 aromatic heterocycles.